The van der Waals surface area contributed by atoms with Crippen LogP contribution in [0.25, 0.3) is 0 Å². The van der Waals surface area contributed by atoms with Crippen LogP contribution in [-0.2, 0) is 10.2 Å². The summed E-state index contributed by atoms with van der Waals surface area (Å²) in [7, 11) is 3.52. The Morgan fingerprint density at radius 3 is 2.31 bits per heavy atom. The van der Waals surface area contributed by atoms with Crippen LogP contribution in [-0.4, -0.2) is 36.1 Å². The number of likely N-dealkylation sites (N-methyl/N-ethyl adjacent to an activating group) is 1. The number of rotatable bonds is 2. The highest BCUT2D eigenvalue weighted by molar-refractivity contribution is 5.89. The number of benzene rings is 1. The molecule has 0 aromatic heterocycles. The number of carbonyl (C=O) groups is 1. The van der Waals surface area contributed by atoms with Crippen molar-refractivity contribution in [3.63, 3.8) is 0 Å². The lowest BCUT2D eigenvalue weighted by Crippen LogP contribution is -2.54. The SMILES string of the molecule is CN(C)C(=O)C1(c2ccccc2)CC(O)C1. The van der Waals surface area contributed by atoms with Crippen molar-refractivity contribution in [2.24, 2.45) is 0 Å². The minimum Gasteiger partial charge on any atom is -0.393 e. The predicted octanol–water partition coefficient (Wildman–Crippen LogP) is 1.17. The Kier molecular flexibility index (Phi) is 2.72. The lowest BCUT2D eigenvalue weighted by molar-refractivity contribution is -0.143. The van der Waals surface area contributed by atoms with Crippen LogP contribution in [0.4, 0.5) is 0 Å². The van der Waals surface area contributed by atoms with Gasteiger partial charge in [-0.1, -0.05) is 30.3 Å². The Labute approximate surface area is 95.7 Å². The minimum absolute atomic E-state index is 0.0870. The molecule has 16 heavy (non-hydrogen) atoms. The zero-order valence-electron chi connectivity index (χ0n) is 9.68. The van der Waals surface area contributed by atoms with Gasteiger partial charge in [-0.3, -0.25) is 4.79 Å². The summed E-state index contributed by atoms with van der Waals surface area (Å²) < 4.78 is 0. The van der Waals surface area contributed by atoms with E-state index in [2.05, 4.69) is 0 Å². The topological polar surface area (TPSA) is 40.5 Å². The fraction of sp³-hybridized carbons (Fsp3) is 0.462. The molecule has 0 bridgehead atoms. The molecule has 0 atom stereocenters. The summed E-state index contributed by atoms with van der Waals surface area (Å²) in [5, 5.41) is 9.50. The van der Waals surface area contributed by atoms with Crippen molar-refractivity contribution in [2.45, 2.75) is 24.4 Å². The number of hydrogen-bond donors (Lipinski definition) is 1. The summed E-state index contributed by atoms with van der Waals surface area (Å²) in [6.07, 6.45) is 0.728. The van der Waals surface area contributed by atoms with Crippen molar-refractivity contribution in [3.05, 3.63) is 35.9 Å². The molecule has 1 aromatic carbocycles. The smallest absolute Gasteiger partial charge is 0.232 e. The lowest BCUT2D eigenvalue weighted by Gasteiger charge is -2.45. The predicted molar refractivity (Wildman–Crippen MR) is 62.1 cm³/mol. The second-order valence-corrected chi connectivity index (χ2v) is 4.71. The second kappa shape index (κ2) is 3.91. The Hall–Kier alpha value is -1.35. The molecule has 1 N–H and O–H groups in total. The minimum atomic E-state index is -0.496. The molecule has 3 nitrogen and oxygen atoms in total. The summed E-state index contributed by atoms with van der Waals surface area (Å²) in [6.45, 7) is 0. The molecule has 86 valence electrons. The normalized spacial score (nSPS) is 28.3. The number of carbonyl (C=O) groups excluding carboxylic acids is 1. The fourth-order valence-electron chi connectivity index (χ4n) is 2.46. The molecule has 1 aromatic rings. The van der Waals surface area contributed by atoms with Gasteiger partial charge < -0.3 is 10.0 Å². The van der Waals surface area contributed by atoms with E-state index in [-0.39, 0.29) is 12.0 Å². The molecule has 3 heteroatoms. The third-order valence-electron chi connectivity index (χ3n) is 3.31. The number of aliphatic hydroxyl groups is 1. The largest absolute Gasteiger partial charge is 0.393 e. The van der Waals surface area contributed by atoms with Crippen molar-refractivity contribution in [2.75, 3.05) is 14.1 Å². The van der Waals surface area contributed by atoms with Crippen LogP contribution in [0.15, 0.2) is 30.3 Å². The molecule has 0 saturated heterocycles. The standard InChI is InChI=1S/C13H17NO2/c1-14(2)12(16)13(8-11(15)9-13)10-6-4-3-5-7-10/h3-7,11,15H,8-9H2,1-2H3. The average Bonchev–Trinajstić information content (AvgIpc) is 2.24. The van der Waals surface area contributed by atoms with Crippen molar-refractivity contribution in [1.29, 1.82) is 0 Å². The van der Waals surface area contributed by atoms with E-state index in [1.54, 1.807) is 19.0 Å². The van der Waals surface area contributed by atoms with Crippen LogP contribution in [0.5, 0.6) is 0 Å². The van der Waals surface area contributed by atoms with Crippen LogP contribution in [0.3, 0.4) is 0 Å². The summed E-state index contributed by atoms with van der Waals surface area (Å²) in [5.41, 5.74) is 0.517. The molecule has 0 spiro atoms. The lowest BCUT2D eigenvalue weighted by atomic mass is 9.62. The summed E-state index contributed by atoms with van der Waals surface area (Å²) in [6, 6.07) is 9.74. The first-order valence-corrected chi connectivity index (χ1v) is 5.51. The highest BCUT2D eigenvalue weighted by Gasteiger charge is 2.51. The number of amides is 1. The molecule has 1 fully saturated rings. The van der Waals surface area contributed by atoms with E-state index in [9.17, 15) is 9.90 Å². The fourth-order valence-corrected chi connectivity index (χ4v) is 2.46. The molecule has 1 aliphatic carbocycles. The molecule has 0 radical (unpaired) electrons. The molecule has 0 aliphatic heterocycles. The molecule has 1 amide bonds. The summed E-state index contributed by atoms with van der Waals surface area (Å²) in [5.74, 6) is 0.0870. The van der Waals surface area contributed by atoms with Gasteiger partial charge in [0, 0.05) is 14.1 Å². The second-order valence-electron chi connectivity index (χ2n) is 4.71. The van der Waals surface area contributed by atoms with Gasteiger partial charge in [0.25, 0.3) is 0 Å². The third-order valence-corrected chi connectivity index (χ3v) is 3.31. The third kappa shape index (κ3) is 1.61. The number of nitrogens with zero attached hydrogens (tertiary/aromatic N) is 1. The van der Waals surface area contributed by atoms with Crippen molar-refractivity contribution in [1.82, 2.24) is 4.90 Å². The van der Waals surface area contributed by atoms with Gasteiger partial charge in [0.15, 0.2) is 0 Å². The van der Waals surface area contributed by atoms with E-state index in [0.717, 1.165) is 5.56 Å². The Morgan fingerprint density at radius 1 is 1.31 bits per heavy atom. The number of aliphatic hydroxyl groups excluding tert-OH is 1. The van der Waals surface area contributed by atoms with E-state index in [1.165, 1.54) is 0 Å². The van der Waals surface area contributed by atoms with Crippen LogP contribution in [0.2, 0.25) is 0 Å². The van der Waals surface area contributed by atoms with Crippen molar-refractivity contribution in [3.8, 4) is 0 Å². The van der Waals surface area contributed by atoms with Gasteiger partial charge in [-0.25, -0.2) is 0 Å². The molecule has 0 heterocycles. The first kappa shape index (κ1) is 11.1. The highest BCUT2D eigenvalue weighted by atomic mass is 16.3. The van der Waals surface area contributed by atoms with Crippen molar-refractivity contribution >= 4 is 5.91 Å². The monoisotopic (exact) mass is 219 g/mol. The number of hydrogen-bond acceptors (Lipinski definition) is 2. The zero-order chi connectivity index (χ0) is 11.8. The van der Waals surface area contributed by atoms with Crippen LogP contribution >= 0.6 is 0 Å². The van der Waals surface area contributed by atoms with Crippen molar-refractivity contribution < 1.29 is 9.90 Å². The van der Waals surface area contributed by atoms with Gasteiger partial charge in [-0.15, -0.1) is 0 Å². The van der Waals surface area contributed by atoms with E-state index in [1.807, 2.05) is 30.3 Å². The summed E-state index contributed by atoms with van der Waals surface area (Å²) >= 11 is 0. The van der Waals surface area contributed by atoms with Gasteiger partial charge in [-0.2, -0.15) is 0 Å². The van der Waals surface area contributed by atoms with Gasteiger partial charge in [0.2, 0.25) is 5.91 Å². The molecular formula is C13H17NO2. The van der Waals surface area contributed by atoms with Gasteiger partial charge in [0.1, 0.15) is 0 Å². The van der Waals surface area contributed by atoms with Gasteiger partial charge >= 0.3 is 0 Å². The van der Waals surface area contributed by atoms with E-state index in [0.29, 0.717) is 12.8 Å². The molecule has 0 unspecified atom stereocenters. The van der Waals surface area contributed by atoms with E-state index in [4.69, 9.17) is 0 Å². The molecular weight excluding hydrogens is 202 g/mol. The molecule has 1 saturated carbocycles. The van der Waals surface area contributed by atoms with Crippen LogP contribution in [0.1, 0.15) is 18.4 Å². The Bertz CT molecular complexity index is 380. The molecule has 1 aliphatic rings. The Morgan fingerprint density at radius 2 is 1.88 bits per heavy atom. The average molecular weight is 219 g/mol. The Balaban J connectivity index is 2.35. The zero-order valence-corrected chi connectivity index (χ0v) is 9.68. The first-order valence-electron chi connectivity index (χ1n) is 5.51. The quantitative estimate of drug-likeness (QED) is 0.811. The van der Waals surface area contributed by atoms with E-state index >= 15 is 0 Å². The summed E-state index contributed by atoms with van der Waals surface area (Å²) in [4.78, 5) is 13.8. The van der Waals surface area contributed by atoms with Crippen LogP contribution < -0.4 is 0 Å². The van der Waals surface area contributed by atoms with Gasteiger partial charge in [0.05, 0.1) is 11.5 Å². The maximum absolute atomic E-state index is 12.2. The maximum atomic E-state index is 12.2. The van der Waals surface area contributed by atoms with Gasteiger partial charge in [-0.05, 0) is 18.4 Å². The van der Waals surface area contributed by atoms with E-state index < -0.39 is 5.41 Å². The highest BCUT2D eigenvalue weighted by Crippen LogP contribution is 2.44. The maximum Gasteiger partial charge on any atom is 0.232 e. The molecule has 2 rings (SSSR count). The van der Waals surface area contributed by atoms with Crippen LogP contribution in [0, 0.1) is 0 Å². The first-order chi connectivity index (χ1) is 7.56.